The molecule has 5 atom stereocenters. The predicted molar refractivity (Wildman–Crippen MR) is 126 cm³/mol. The summed E-state index contributed by atoms with van der Waals surface area (Å²) in [5.74, 6) is 0.0837. The third-order valence-electron chi connectivity index (χ3n) is 6.47. The first-order valence-electron chi connectivity index (χ1n) is 11.3. The van der Waals surface area contributed by atoms with E-state index in [1.165, 1.54) is 25.3 Å². The maximum absolute atomic E-state index is 13.5. The Morgan fingerprint density at radius 2 is 1.81 bits per heavy atom. The lowest BCUT2D eigenvalue weighted by atomic mass is 9.96. The molecule has 7 nitrogen and oxygen atoms in total. The number of ether oxygens (including phenoxy) is 3. The zero-order valence-electron chi connectivity index (χ0n) is 19.1. The van der Waals surface area contributed by atoms with Gasteiger partial charge < -0.3 is 25.1 Å². The van der Waals surface area contributed by atoms with E-state index in [0.717, 1.165) is 11.8 Å². The Kier molecular flexibility index (Phi) is 6.54. The van der Waals surface area contributed by atoms with E-state index in [-0.39, 0.29) is 46.9 Å². The van der Waals surface area contributed by atoms with Gasteiger partial charge in [0.1, 0.15) is 18.3 Å². The number of aliphatic hydroxyl groups excluding tert-OH is 1. The summed E-state index contributed by atoms with van der Waals surface area (Å²) < 4.78 is 57.7. The summed E-state index contributed by atoms with van der Waals surface area (Å²) in [5.41, 5.74) is 7.13. The fourth-order valence-corrected chi connectivity index (χ4v) is 4.80. The molecule has 2 fully saturated rings. The normalized spacial score (nSPS) is 24.5. The molecule has 2 aliphatic heterocycles. The highest BCUT2D eigenvalue weighted by Gasteiger charge is 2.48. The van der Waals surface area contributed by atoms with Crippen LogP contribution in [0.25, 0.3) is 11.1 Å². The molecular weight excluding hydrogens is 499 g/mol. The molecule has 0 saturated carbocycles. The van der Waals surface area contributed by atoms with Crippen molar-refractivity contribution in [2.75, 3.05) is 18.9 Å². The third-order valence-corrected chi connectivity index (χ3v) is 6.70. The summed E-state index contributed by atoms with van der Waals surface area (Å²) >= 11 is 5.95. The number of pyridine rings is 2. The Morgan fingerprint density at radius 1 is 1.06 bits per heavy atom. The molecule has 2 aliphatic rings. The lowest BCUT2D eigenvalue weighted by Crippen LogP contribution is -2.28. The van der Waals surface area contributed by atoms with Gasteiger partial charge >= 0.3 is 6.18 Å². The Morgan fingerprint density at radius 3 is 2.53 bits per heavy atom. The van der Waals surface area contributed by atoms with Crippen molar-refractivity contribution < 1.29 is 32.5 Å². The minimum Gasteiger partial charge on any atom is -0.482 e. The third kappa shape index (κ3) is 4.73. The van der Waals surface area contributed by atoms with Crippen LogP contribution in [0.3, 0.4) is 0 Å². The predicted octanol–water partition coefficient (Wildman–Crippen LogP) is 4.78. The molecule has 5 unspecified atom stereocenters. The second-order valence-corrected chi connectivity index (χ2v) is 9.27. The van der Waals surface area contributed by atoms with E-state index in [9.17, 15) is 18.3 Å². The number of nitrogens with zero attached hydrogens (tertiary/aromatic N) is 2. The molecule has 0 spiro atoms. The van der Waals surface area contributed by atoms with Gasteiger partial charge in [-0.05, 0) is 37.3 Å². The minimum atomic E-state index is -4.57. The fraction of sp³-hybridized carbons (Fsp3) is 0.360. The van der Waals surface area contributed by atoms with Gasteiger partial charge in [-0.15, -0.1) is 0 Å². The smallest absolute Gasteiger partial charge is 0.416 e. The molecule has 0 bridgehead atoms. The maximum atomic E-state index is 13.5. The van der Waals surface area contributed by atoms with Crippen molar-refractivity contribution >= 4 is 17.4 Å². The standard InChI is InChI=1S/C25H23ClF3N3O4/c1-12(16-7-15(26)3-4-18(16)25(27,28)29)36-21-6-14(9-32-24(21)30)13-2-5-19(31-8-13)17-10-34-23-20(33)11-35-22(17)23/h2-9,12,17,20,22-23,33H,10-11H2,1H3,(H2,30,32). The Bertz CT molecular complexity index is 1260. The first-order chi connectivity index (χ1) is 17.1. The number of alkyl halides is 3. The number of anilines is 1. The van der Waals surface area contributed by atoms with E-state index in [1.807, 2.05) is 12.1 Å². The average Bonchev–Trinajstić information content (AvgIpc) is 3.42. The molecule has 4 heterocycles. The van der Waals surface area contributed by atoms with Crippen LogP contribution in [0.2, 0.25) is 5.02 Å². The largest absolute Gasteiger partial charge is 0.482 e. The van der Waals surface area contributed by atoms with Crippen molar-refractivity contribution in [3.05, 3.63) is 70.6 Å². The first-order valence-corrected chi connectivity index (χ1v) is 11.7. The molecule has 2 aromatic heterocycles. The molecule has 3 N–H and O–H groups in total. The van der Waals surface area contributed by atoms with Gasteiger partial charge in [0.25, 0.3) is 0 Å². The molecule has 11 heteroatoms. The molecule has 0 aliphatic carbocycles. The SMILES string of the molecule is CC(Oc1cc(-c2ccc(C3COC4C(O)COC34)nc2)cnc1N)c1cc(Cl)ccc1C(F)(F)F. The molecule has 36 heavy (non-hydrogen) atoms. The lowest BCUT2D eigenvalue weighted by Gasteiger charge is -2.21. The summed E-state index contributed by atoms with van der Waals surface area (Å²) in [6.07, 6.45) is -3.61. The summed E-state index contributed by atoms with van der Waals surface area (Å²) in [6.45, 7) is 2.13. The summed E-state index contributed by atoms with van der Waals surface area (Å²) in [4.78, 5) is 8.70. The van der Waals surface area contributed by atoms with Crippen LogP contribution in [0.1, 0.15) is 35.8 Å². The monoisotopic (exact) mass is 521 g/mol. The van der Waals surface area contributed by atoms with Crippen LogP contribution in [0.15, 0.2) is 48.8 Å². The quantitative estimate of drug-likeness (QED) is 0.498. The summed E-state index contributed by atoms with van der Waals surface area (Å²) in [6, 6.07) is 8.65. The van der Waals surface area contributed by atoms with Crippen LogP contribution >= 0.6 is 11.6 Å². The number of nitrogen functional groups attached to an aromatic ring is 1. The van der Waals surface area contributed by atoms with E-state index >= 15 is 0 Å². The number of rotatable bonds is 5. The minimum absolute atomic E-state index is 0.0388. The Labute approximate surface area is 210 Å². The molecule has 0 radical (unpaired) electrons. The molecule has 2 saturated heterocycles. The zero-order chi connectivity index (χ0) is 25.6. The number of nitrogens with two attached hydrogens (primary N) is 1. The van der Waals surface area contributed by atoms with Crippen molar-refractivity contribution in [3.8, 4) is 16.9 Å². The van der Waals surface area contributed by atoms with Gasteiger partial charge in [0, 0.05) is 39.8 Å². The highest BCUT2D eigenvalue weighted by Crippen LogP contribution is 2.39. The molecule has 0 amide bonds. The average molecular weight is 522 g/mol. The number of aromatic nitrogens is 2. The van der Waals surface area contributed by atoms with E-state index in [0.29, 0.717) is 17.7 Å². The maximum Gasteiger partial charge on any atom is 0.416 e. The number of halogens is 4. The highest BCUT2D eigenvalue weighted by molar-refractivity contribution is 6.30. The molecule has 1 aromatic carbocycles. The van der Waals surface area contributed by atoms with Gasteiger partial charge in [-0.25, -0.2) is 4.98 Å². The second kappa shape index (κ2) is 9.51. The number of benzene rings is 1. The Balaban J connectivity index is 1.37. The van der Waals surface area contributed by atoms with E-state index < -0.39 is 23.9 Å². The molecule has 3 aromatic rings. The lowest BCUT2D eigenvalue weighted by molar-refractivity contribution is -0.138. The van der Waals surface area contributed by atoms with Crippen molar-refractivity contribution in [1.29, 1.82) is 0 Å². The van der Waals surface area contributed by atoms with E-state index in [1.54, 1.807) is 12.3 Å². The first kappa shape index (κ1) is 24.8. The summed E-state index contributed by atoms with van der Waals surface area (Å²) in [5, 5.41) is 10.1. The van der Waals surface area contributed by atoms with Crippen molar-refractivity contribution in [2.24, 2.45) is 0 Å². The van der Waals surface area contributed by atoms with Gasteiger partial charge in [0.2, 0.25) is 0 Å². The van der Waals surface area contributed by atoms with Crippen molar-refractivity contribution in [3.63, 3.8) is 0 Å². The Hall–Kier alpha value is -2.92. The van der Waals surface area contributed by atoms with Gasteiger partial charge in [-0.1, -0.05) is 17.7 Å². The number of hydrogen-bond donors (Lipinski definition) is 2. The zero-order valence-corrected chi connectivity index (χ0v) is 19.8. The molecule has 190 valence electrons. The van der Waals surface area contributed by atoms with Gasteiger partial charge in [0.05, 0.1) is 30.8 Å². The van der Waals surface area contributed by atoms with Gasteiger partial charge in [-0.3, -0.25) is 4.98 Å². The van der Waals surface area contributed by atoms with Crippen LogP contribution in [0, 0.1) is 0 Å². The highest BCUT2D eigenvalue weighted by atomic mass is 35.5. The van der Waals surface area contributed by atoms with Crippen LogP contribution in [0.5, 0.6) is 5.75 Å². The fourth-order valence-electron chi connectivity index (χ4n) is 4.62. The second-order valence-electron chi connectivity index (χ2n) is 8.84. The molecule has 5 rings (SSSR count). The number of fused-ring (bicyclic) bond motifs is 1. The summed E-state index contributed by atoms with van der Waals surface area (Å²) in [7, 11) is 0. The number of hydrogen-bond acceptors (Lipinski definition) is 7. The molecular formula is C25H23ClF3N3O4. The van der Waals surface area contributed by atoms with Crippen LogP contribution < -0.4 is 10.5 Å². The van der Waals surface area contributed by atoms with Crippen LogP contribution in [0.4, 0.5) is 19.0 Å². The number of aliphatic hydroxyl groups is 1. The van der Waals surface area contributed by atoms with Crippen LogP contribution in [-0.2, 0) is 15.7 Å². The van der Waals surface area contributed by atoms with Gasteiger partial charge in [0.15, 0.2) is 11.6 Å². The van der Waals surface area contributed by atoms with Gasteiger partial charge in [-0.2, -0.15) is 13.2 Å². The van der Waals surface area contributed by atoms with Crippen molar-refractivity contribution in [2.45, 2.75) is 43.4 Å². The van der Waals surface area contributed by atoms with E-state index in [4.69, 9.17) is 31.5 Å². The topological polar surface area (TPSA) is 99.7 Å². The van der Waals surface area contributed by atoms with E-state index in [2.05, 4.69) is 9.97 Å². The van der Waals surface area contributed by atoms with Crippen LogP contribution in [-0.4, -0.2) is 46.6 Å². The van der Waals surface area contributed by atoms with Crippen molar-refractivity contribution in [1.82, 2.24) is 9.97 Å².